The normalized spacial score (nSPS) is 14.3. The van der Waals surface area contributed by atoms with Crippen molar-refractivity contribution >= 4 is 23.2 Å². The first-order chi connectivity index (χ1) is 11.6. The maximum atomic E-state index is 12.2. The molecule has 0 radical (unpaired) electrons. The monoisotopic (exact) mass is 323 g/mol. The largest absolute Gasteiger partial charge is 0.398 e. The number of hydrogen-bond acceptors (Lipinski definition) is 3. The van der Waals surface area contributed by atoms with E-state index in [0.29, 0.717) is 22.5 Å². The molecule has 0 saturated heterocycles. The first-order valence-corrected chi connectivity index (χ1v) is 8.20. The molecule has 124 valence electrons. The average Bonchev–Trinajstić information content (AvgIpc) is 3.08. The van der Waals surface area contributed by atoms with Gasteiger partial charge in [-0.15, -0.1) is 0 Å². The molecule has 3 rings (SSSR count). The molecule has 1 fully saturated rings. The van der Waals surface area contributed by atoms with Gasteiger partial charge in [0.05, 0.1) is 5.56 Å². The smallest absolute Gasteiger partial charge is 0.257 e. The van der Waals surface area contributed by atoms with Crippen LogP contribution in [-0.4, -0.2) is 17.9 Å². The number of hydrogen-bond donors (Lipinski definition) is 3. The standard InChI is InChI=1S/C19H21N3O2/c20-17-8-4-3-7-16(17)19(24)22-15-11-9-13(10-12-15)18(23)21-14-5-1-2-6-14/h3-4,7-12,14H,1-2,5-6,20H2,(H,21,23)(H,22,24). The van der Waals surface area contributed by atoms with Gasteiger partial charge in [-0.2, -0.15) is 0 Å². The van der Waals surface area contributed by atoms with Gasteiger partial charge in [0, 0.05) is 23.0 Å². The predicted octanol–water partition coefficient (Wildman–Crippen LogP) is 3.19. The van der Waals surface area contributed by atoms with Gasteiger partial charge in [0.1, 0.15) is 0 Å². The number of rotatable bonds is 4. The fraction of sp³-hybridized carbons (Fsp3) is 0.263. The average molecular weight is 323 g/mol. The SMILES string of the molecule is Nc1ccccc1C(=O)Nc1ccc(C(=O)NC2CCCC2)cc1. The van der Waals surface area contributed by atoms with Crippen molar-refractivity contribution in [2.75, 3.05) is 11.1 Å². The van der Waals surface area contributed by atoms with E-state index in [0.717, 1.165) is 12.8 Å². The molecule has 2 aromatic carbocycles. The van der Waals surface area contributed by atoms with E-state index in [1.54, 1.807) is 48.5 Å². The Hall–Kier alpha value is -2.82. The highest BCUT2D eigenvalue weighted by Crippen LogP contribution is 2.19. The molecule has 4 N–H and O–H groups in total. The Bertz CT molecular complexity index is 735. The molecule has 0 bridgehead atoms. The summed E-state index contributed by atoms with van der Waals surface area (Å²) < 4.78 is 0. The first-order valence-electron chi connectivity index (χ1n) is 8.20. The van der Waals surface area contributed by atoms with Crippen molar-refractivity contribution in [3.05, 3.63) is 59.7 Å². The summed E-state index contributed by atoms with van der Waals surface area (Å²) in [6, 6.07) is 14.1. The predicted molar refractivity (Wildman–Crippen MR) is 95.0 cm³/mol. The minimum absolute atomic E-state index is 0.0629. The minimum Gasteiger partial charge on any atom is -0.398 e. The molecule has 1 aliphatic carbocycles. The third kappa shape index (κ3) is 3.74. The zero-order valence-electron chi connectivity index (χ0n) is 13.4. The van der Waals surface area contributed by atoms with Crippen LogP contribution >= 0.6 is 0 Å². The molecule has 24 heavy (non-hydrogen) atoms. The second-order valence-corrected chi connectivity index (χ2v) is 6.07. The number of benzene rings is 2. The molecule has 0 aliphatic heterocycles. The summed E-state index contributed by atoms with van der Waals surface area (Å²) in [5, 5.41) is 5.83. The lowest BCUT2D eigenvalue weighted by Gasteiger charge is -2.12. The highest BCUT2D eigenvalue weighted by molar-refractivity contribution is 6.07. The molecule has 0 atom stereocenters. The van der Waals surface area contributed by atoms with Gasteiger partial charge in [0.25, 0.3) is 11.8 Å². The van der Waals surface area contributed by atoms with Crippen LogP contribution in [0.3, 0.4) is 0 Å². The molecule has 2 aromatic rings. The van der Waals surface area contributed by atoms with E-state index in [4.69, 9.17) is 5.73 Å². The maximum Gasteiger partial charge on any atom is 0.257 e. The maximum absolute atomic E-state index is 12.2. The Kier molecular flexibility index (Phi) is 4.79. The van der Waals surface area contributed by atoms with Crippen molar-refractivity contribution in [1.29, 1.82) is 0 Å². The molecule has 0 unspecified atom stereocenters. The van der Waals surface area contributed by atoms with Crippen LogP contribution in [-0.2, 0) is 0 Å². The number of carbonyl (C=O) groups excluding carboxylic acids is 2. The van der Waals surface area contributed by atoms with E-state index >= 15 is 0 Å². The molecule has 0 spiro atoms. The van der Waals surface area contributed by atoms with Gasteiger partial charge in [-0.1, -0.05) is 25.0 Å². The Balaban J connectivity index is 1.63. The summed E-state index contributed by atoms with van der Waals surface area (Å²) in [6.45, 7) is 0. The molecule has 5 heteroatoms. The lowest BCUT2D eigenvalue weighted by Crippen LogP contribution is -2.32. The van der Waals surface area contributed by atoms with Gasteiger partial charge in [-0.25, -0.2) is 0 Å². The number of carbonyl (C=O) groups is 2. The van der Waals surface area contributed by atoms with Gasteiger partial charge in [-0.3, -0.25) is 9.59 Å². The lowest BCUT2D eigenvalue weighted by atomic mass is 10.1. The molecule has 5 nitrogen and oxygen atoms in total. The number of nitrogen functional groups attached to an aromatic ring is 1. The molecular weight excluding hydrogens is 302 g/mol. The number of amides is 2. The highest BCUT2D eigenvalue weighted by atomic mass is 16.2. The van der Waals surface area contributed by atoms with Crippen molar-refractivity contribution in [3.8, 4) is 0 Å². The number of para-hydroxylation sites is 1. The molecule has 1 saturated carbocycles. The minimum atomic E-state index is -0.267. The molecule has 2 amide bonds. The number of anilines is 2. The molecule has 0 heterocycles. The Morgan fingerprint density at radius 2 is 1.58 bits per heavy atom. The molecule has 0 aromatic heterocycles. The molecular formula is C19H21N3O2. The Morgan fingerprint density at radius 3 is 2.25 bits per heavy atom. The van der Waals surface area contributed by atoms with Gasteiger partial charge < -0.3 is 16.4 Å². The third-order valence-corrected chi connectivity index (χ3v) is 4.30. The van der Waals surface area contributed by atoms with E-state index in [2.05, 4.69) is 10.6 Å². The Morgan fingerprint density at radius 1 is 0.917 bits per heavy atom. The van der Waals surface area contributed by atoms with Crippen molar-refractivity contribution < 1.29 is 9.59 Å². The van der Waals surface area contributed by atoms with E-state index < -0.39 is 0 Å². The van der Waals surface area contributed by atoms with Crippen molar-refractivity contribution in [1.82, 2.24) is 5.32 Å². The number of nitrogens with two attached hydrogens (primary N) is 1. The summed E-state index contributed by atoms with van der Waals surface area (Å²) >= 11 is 0. The topological polar surface area (TPSA) is 84.2 Å². The summed E-state index contributed by atoms with van der Waals surface area (Å²) in [4.78, 5) is 24.4. The van der Waals surface area contributed by atoms with E-state index in [-0.39, 0.29) is 17.9 Å². The number of nitrogens with one attached hydrogen (secondary N) is 2. The van der Waals surface area contributed by atoms with Gasteiger partial charge >= 0.3 is 0 Å². The van der Waals surface area contributed by atoms with Crippen LogP contribution in [0.15, 0.2) is 48.5 Å². The van der Waals surface area contributed by atoms with Crippen LogP contribution < -0.4 is 16.4 Å². The van der Waals surface area contributed by atoms with Crippen LogP contribution in [0.2, 0.25) is 0 Å². The van der Waals surface area contributed by atoms with Gasteiger partial charge in [0.2, 0.25) is 0 Å². The van der Waals surface area contributed by atoms with Crippen LogP contribution in [0.25, 0.3) is 0 Å². The summed E-state index contributed by atoms with van der Waals surface area (Å²) in [7, 11) is 0. The summed E-state index contributed by atoms with van der Waals surface area (Å²) in [6.07, 6.45) is 4.47. The van der Waals surface area contributed by atoms with Crippen LogP contribution in [0.5, 0.6) is 0 Å². The fourth-order valence-electron chi connectivity index (χ4n) is 2.95. The fourth-order valence-corrected chi connectivity index (χ4v) is 2.95. The lowest BCUT2D eigenvalue weighted by molar-refractivity contribution is 0.0937. The first kappa shape index (κ1) is 16.1. The second kappa shape index (κ2) is 7.17. The Labute approximate surface area is 141 Å². The van der Waals surface area contributed by atoms with Crippen LogP contribution in [0, 0.1) is 0 Å². The van der Waals surface area contributed by atoms with E-state index in [1.165, 1.54) is 12.8 Å². The van der Waals surface area contributed by atoms with Crippen LogP contribution in [0.1, 0.15) is 46.4 Å². The zero-order chi connectivity index (χ0) is 16.9. The summed E-state index contributed by atoms with van der Waals surface area (Å²) in [5.74, 6) is -0.330. The van der Waals surface area contributed by atoms with Gasteiger partial charge in [0.15, 0.2) is 0 Å². The van der Waals surface area contributed by atoms with Crippen molar-refractivity contribution in [3.63, 3.8) is 0 Å². The van der Waals surface area contributed by atoms with Crippen LogP contribution in [0.4, 0.5) is 11.4 Å². The quantitative estimate of drug-likeness (QED) is 0.756. The van der Waals surface area contributed by atoms with Gasteiger partial charge in [-0.05, 0) is 49.2 Å². The van der Waals surface area contributed by atoms with E-state index in [9.17, 15) is 9.59 Å². The molecule has 1 aliphatic rings. The van der Waals surface area contributed by atoms with Crippen molar-refractivity contribution in [2.24, 2.45) is 0 Å². The third-order valence-electron chi connectivity index (χ3n) is 4.30. The van der Waals surface area contributed by atoms with Crippen molar-refractivity contribution in [2.45, 2.75) is 31.7 Å². The van der Waals surface area contributed by atoms with E-state index in [1.807, 2.05) is 0 Å². The second-order valence-electron chi connectivity index (χ2n) is 6.07. The highest BCUT2D eigenvalue weighted by Gasteiger charge is 2.18. The summed E-state index contributed by atoms with van der Waals surface area (Å²) in [5.41, 5.74) is 7.89. The zero-order valence-corrected chi connectivity index (χ0v) is 13.4.